The first-order valence-corrected chi connectivity index (χ1v) is 16.3. The van der Waals surface area contributed by atoms with E-state index < -0.39 is 0 Å². The first kappa shape index (κ1) is 25.6. The van der Waals surface area contributed by atoms with Crippen molar-refractivity contribution in [3.8, 4) is 17.2 Å². The van der Waals surface area contributed by atoms with Crippen LogP contribution in [0.4, 0.5) is 0 Å². The molecule has 0 radical (unpaired) electrons. The average molecular weight is 612 g/mol. The van der Waals surface area contributed by atoms with E-state index in [2.05, 4.69) is 144 Å². The minimum atomic E-state index is 0.658. The third kappa shape index (κ3) is 3.49. The summed E-state index contributed by atoms with van der Waals surface area (Å²) in [6.45, 7) is 0. The molecule has 0 saturated heterocycles. The van der Waals surface area contributed by atoms with Gasteiger partial charge in [0.25, 0.3) is 0 Å². The number of aromatic nitrogens is 3. The summed E-state index contributed by atoms with van der Waals surface area (Å²) in [5, 5.41) is 12.9. The van der Waals surface area contributed by atoms with Gasteiger partial charge in [0.15, 0.2) is 0 Å². The van der Waals surface area contributed by atoms with Gasteiger partial charge in [0, 0.05) is 32.5 Å². The van der Waals surface area contributed by atoms with Crippen LogP contribution in [0.5, 0.6) is 0 Å². The molecule has 0 aliphatic heterocycles. The Kier molecular flexibility index (Phi) is 5.08. The number of hydrogen-bond acceptors (Lipinski definition) is 3. The van der Waals surface area contributed by atoms with Gasteiger partial charge in [0.2, 0.25) is 5.95 Å². The van der Waals surface area contributed by atoms with Crippen LogP contribution in [0, 0.1) is 0 Å². The topological polar surface area (TPSA) is 43.9 Å². The second kappa shape index (κ2) is 9.50. The lowest BCUT2D eigenvalue weighted by molar-refractivity contribution is 0.669. The lowest BCUT2D eigenvalue weighted by Crippen LogP contribution is -2.03. The Morgan fingerprint density at radius 2 is 1.02 bits per heavy atom. The van der Waals surface area contributed by atoms with Gasteiger partial charge in [-0.3, -0.25) is 4.57 Å². The summed E-state index contributed by atoms with van der Waals surface area (Å²) in [6, 6.07) is 53.6. The number of para-hydroxylation sites is 2. The fourth-order valence-corrected chi connectivity index (χ4v) is 7.85. The van der Waals surface area contributed by atoms with Gasteiger partial charge in [0.05, 0.1) is 22.2 Å². The molecule has 0 fully saturated rings. The van der Waals surface area contributed by atoms with Crippen LogP contribution in [0.25, 0.3) is 104 Å². The highest BCUT2D eigenvalue weighted by Crippen LogP contribution is 2.41. The van der Waals surface area contributed by atoms with Crippen LogP contribution in [-0.2, 0) is 0 Å². The molecule has 3 heterocycles. The molecule has 4 nitrogen and oxygen atoms in total. The predicted octanol–water partition coefficient (Wildman–Crippen LogP) is 11.8. The molecule has 0 unspecified atom stereocenters. The average Bonchev–Trinajstić information content (AvgIpc) is 3.71. The molecule has 0 aliphatic rings. The molecule has 0 spiro atoms. The largest absolute Gasteiger partial charge is 0.456 e. The zero-order valence-corrected chi connectivity index (χ0v) is 25.7. The van der Waals surface area contributed by atoms with Gasteiger partial charge in [-0.25, -0.2) is 9.97 Å². The standard InChI is InChI=1S/C44H25N3O/c1-3-11-30-26(9-1)18-22-36-41(30)42-31-12-4-2-10-27(31)19-23-37(42)47(36)44-45-35-15-7-5-13-33(35)43(46-44)29-17-21-32-28(25-29)20-24-39-40(32)34-14-6-8-16-38(34)48-39/h1-25H. The first-order valence-electron chi connectivity index (χ1n) is 16.3. The minimum Gasteiger partial charge on any atom is -0.456 e. The van der Waals surface area contributed by atoms with Crippen molar-refractivity contribution in [2.45, 2.75) is 0 Å². The molecule has 0 bridgehead atoms. The Bertz CT molecular complexity index is 3040. The maximum atomic E-state index is 6.19. The smallest absolute Gasteiger partial charge is 0.235 e. The van der Waals surface area contributed by atoms with Gasteiger partial charge in [-0.2, -0.15) is 0 Å². The van der Waals surface area contributed by atoms with E-state index in [9.17, 15) is 0 Å². The van der Waals surface area contributed by atoms with Crippen molar-refractivity contribution in [3.05, 3.63) is 152 Å². The highest BCUT2D eigenvalue weighted by atomic mass is 16.3. The minimum absolute atomic E-state index is 0.658. The monoisotopic (exact) mass is 611 g/mol. The zero-order valence-electron chi connectivity index (χ0n) is 25.7. The quantitative estimate of drug-likeness (QED) is 0.195. The lowest BCUT2D eigenvalue weighted by atomic mass is 9.99. The van der Waals surface area contributed by atoms with Crippen LogP contribution in [0.1, 0.15) is 0 Å². The molecule has 0 saturated carbocycles. The van der Waals surface area contributed by atoms with E-state index in [1.54, 1.807) is 0 Å². The molecule has 3 aromatic heterocycles. The number of nitrogens with zero attached hydrogens (tertiary/aromatic N) is 3. The Morgan fingerprint density at radius 3 is 1.77 bits per heavy atom. The van der Waals surface area contributed by atoms with Crippen LogP contribution in [0.3, 0.4) is 0 Å². The van der Waals surface area contributed by atoms with Gasteiger partial charge < -0.3 is 4.42 Å². The van der Waals surface area contributed by atoms with Crippen molar-refractivity contribution in [2.75, 3.05) is 0 Å². The van der Waals surface area contributed by atoms with E-state index in [1.807, 2.05) is 12.1 Å². The van der Waals surface area contributed by atoms with E-state index in [-0.39, 0.29) is 0 Å². The predicted molar refractivity (Wildman–Crippen MR) is 199 cm³/mol. The summed E-state index contributed by atoms with van der Waals surface area (Å²) in [5.74, 6) is 0.658. The molecule has 0 aliphatic carbocycles. The molecule has 11 aromatic rings. The van der Waals surface area contributed by atoms with Crippen LogP contribution in [0.2, 0.25) is 0 Å². The Balaban J connectivity index is 1.22. The fourth-order valence-electron chi connectivity index (χ4n) is 7.85. The fraction of sp³-hybridized carbons (Fsp3) is 0. The lowest BCUT2D eigenvalue weighted by Gasteiger charge is -2.12. The molecule has 48 heavy (non-hydrogen) atoms. The van der Waals surface area contributed by atoms with Gasteiger partial charge in [-0.1, -0.05) is 115 Å². The number of rotatable bonds is 2. The summed E-state index contributed by atoms with van der Waals surface area (Å²) < 4.78 is 8.44. The first-order chi connectivity index (χ1) is 23.8. The molecular weight excluding hydrogens is 587 g/mol. The molecule has 0 amide bonds. The maximum Gasteiger partial charge on any atom is 0.235 e. The third-order valence-electron chi connectivity index (χ3n) is 9.97. The number of furan rings is 1. The van der Waals surface area contributed by atoms with Gasteiger partial charge in [-0.15, -0.1) is 0 Å². The summed E-state index contributed by atoms with van der Waals surface area (Å²) in [4.78, 5) is 10.7. The van der Waals surface area contributed by atoms with Crippen LogP contribution >= 0.6 is 0 Å². The summed E-state index contributed by atoms with van der Waals surface area (Å²) >= 11 is 0. The number of hydrogen-bond donors (Lipinski definition) is 0. The molecule has 8 aromatic carbocycles. The van der Waals surface area contributed by atoms with E-state index in [4.69, 9.17) is 14.4 Å². The third-order valence-corrected chi connectivity index (χ3v) is 9.97. The van der Waals surface area contributed by atoms with Crippen molar-refractivity contribution in [1.82, 2.24) is 14.5 Å². The SMILES string of the molecule is c1ccc2c(c1)ccc1c2c2c3ccccc3ccc2n1-c1nc(-c2ccc3c(ccc4oc5ccccc5c43)c2)c2ccccc2n1. The summed E-state index contributed by atoms with van der Waals surface area (Å²) in [7, 11) is 0. The number of fused-ring (bicyclic) bond motifs is 13. The summed E-state index contributed by atoms with van der Waals surface area (Å²) in [6.07, 6.45) is 0. The zero-order chi connectivity index (χ0) is 31.3. The van der Waals surface area contributed by atoms with Crippen LogP contribution < -0.4 is 0 Å². The molecule has 0 N–H and O–H groups in total. The molecule has 4 heteroatoms. The highest BCUT2D eigenvalue weighted by Gasteiger charge is 2.20. The van der Waals surface area contributed by atoms with E-state index in [0.717, 1.165) is 60.5 Å². The van der Waals surface area contributed by atoms with Gasteiger partial charge in [-0.05, 0) is 68.7 Å². The molecule has 11 rings (SSSR count). The Morgan fingerprint density at radius 1 is 0.417 bits per heavy atom. The van der Waals surface area contributed by atoms with E-state index >= 15 is 0 Å². The Hall–Kier alpha value is -6.52. The van der Waals surface area contributed by atoms with Crippen molar-refractivity contribution in [2.24, 2.45) is 0 Å². The van der Waals surface area contributed by atoms with Crippen molar-refractivity contribution >= 4 is 87.0 Å². The van der Waals surface area contributed by atoms with Crippen molar-refractivity contribution in [1.29, 1.82) is 0 Å². The summed E-state index contributed by atoms with van der Waals surface area (Å²) in [5.41, 5.74) is 6.85. The van der Waals surface area contributed by atoms with E-state index in [1.165, 1.54) is 37.7 Å². The van der Waals surface area contributed by atoms with Crippen LogP contribution in [0.15, 0.2) is 156 Å². The van der Waals surface area contributed by atoms with E-state index in [0.29, 0.717) is 5.95 Å². The van der Waals surface area contributed by atoms with Crippen molar-refractivity contribution < 1.29 is 4.42 Å². The second-order valence-electron chi connectivity index (χ2n) is 12.6. The molecule has 222 valence electrons. The van der Waals surface area contributed by atoms with Gasteiger partial charge in [0.1, 0.15) is 11.2 Å². The second-order valence-corrected chi connectivity index (χ2v) is 12.6. The molecular formula is C44H25N3O. The maximum absolute atomic E-state index is 6.19. The number of benzene rings is 8. The van der Waals surface area contributed by atoms with Gasteiger partial charge >= 0.3 is 0 Å². The normalized spacial score (nSPS) is 12.2. The Labute approximate surface area is 274 Å². The van der Waals surface area contributed by atoms with Crippen molar-refractivity contribution in [3.63, 3.8) is 0 Å². The van der Waals surface area contributed by atoms with Crippen LogP contribution in [-0.4, -0.2) is 14.5 Å². The molecule has 0 atom stereocenters. The highest BCUT2D eigenvalue weighted by molar-refractivity contribution is 6.28.